The summed E-state index contributed by atoms with van der Waals surface area (Å²) in [5.41, 5.74) is 7.93. The SMILES string of the molecule is CC(=O)/C=C(/C)O.Cc1cccc(C)c1B1c2c[c-]c(-c3ccccn3)cc2N=C2C=CC=CN12.[Ir]. The minimum absolute atomic E-state index is 0. The molecule has 2 aromatic carbocycles. The van der Waals surface area contributed by atoms with Crippen LogP contribution in [0.1, 0.15) is 25.0 Å². The van der Waals surface area contributed by atoms with Gasteiger partial charge in [-0.05, 0) is 63.5 Å². The first-order valence-electron chi connectivity index (χ1n) is 11.5. The molecular weight excluding hydrogens is 625 g/mol. The third kappa shape index (κ3) is 5.99. The number of ketones is 1. The Hall–Kier alpha value is -3.54. The average molecular weight is 653 g/mol. The summed E-state index contributed by atoms with van der Waals surface area (Å²) in [4.78, 5) is 21.7. The second kappa shape index (κ2) is 11.9. The van der Waals surface area contributed by atoms with E-state index in [1.165, 1.54) is 42.0 Å². The van der Waals surface area contributed by atoms with Crippen molar-refractivity contribution >= 4 is 35.1 Å². The molecule has 5 nitrogen and oxygen atoms in total. The Morgan fingerprint density at radius 3 is 2.44 bits per heavy atom. The van der Waals surface area contributed by atoms with Gasteiger partial charge in [0.1, 0.15) is 5.84 Å². The number of benzene rings is 2. The Bertz CT molecular complexity index is 1360. The van der Waals surface area contributed by atoms with Gasteiger partial charge in [-0.1, -0.05) is 58.5 Å². The van der Waals surface area contributed by atoms with Gasteiger partial charge in [-0.2, -0.15) is 0 Å². The first-order valence-corrected chi connectivity index (χ1v) is 11.5. The molecule has 0 saturated carbocycles. The zero-order valence-corrected chi connectivity index (χ0v) is 23.1. The molecule has 183 valence electrons. The van der Waals surface area contributed by atoms with E-state index in [4.69, 9.17) is 10.1 Å². The number of nitrogens with zero attached hydrogens (tertiary/aromatic N) is 3. The summed E-state index contributed by atoms with van der Waals surface area (Å²) in [6, 6.07) is 20.1. The van der Waals surface area contributed by atoms with E-state index >= 15 is 0 Å². The predicted molar refractivity (Wildman–Crippen MR) is 144 cm³/mol. The van der Waals surface area contributed by atoms with Gasteiger partial charge in [-0.15, -0.1) is 23.8 Å². The van der Waals surface area contributed by atoms with Crippen molar-refractivity contribution in [2.45, 2.75) is 27.7 Å². The minimum Gasteiger partial charge on any atom is -0.512 e. The van der Waals surface area contributed by atoms with E-state index in [1.807, 2.05) is 30.5 Å². The topological polar surface area (TPSA) is 65.8 Å². The number of allylic oxidation sites excluding steroid dienone is 4. The maximum Gasteiger partial charge on any atom is 0.276 e. The number of amidine groups is 1. The van der Waals surface area contributed by atoms with E-state index in [-0.39, 0.29) is 38.5 Å². The molecule has 36 heavy (non-hydrogen) atoms. The Balaban J connectivity index is 0.000000400. The van der Waals surface area contributed by atoms with Crippen LogP contribution < -0.4 is 10.9 Å². The van der Waals surface area contributed by atoms with Crippen LogP contribution in [0.5, 0.6) is 0 Å². The number of aliphatic hydroxyl groups excluding tert-OH is 1. The molecule has 0 aliphatic carbocycles. The van der Waals surface area contributed by atoms with Crippen LogP contribution in [0.25, 0.3) is 11.3 Å². The molecule has 0 atom stereocenters. The Morgan fingerprint density at radius 2 is 1.83 bits per heavy atom. The van der Waals surface area contributed by atoms with Crippen LogP contribution in [-0.2, 0) is 24.9 Å². The fraction of sp³-hybridized carbons (Fsp3) is 0.138. The van der Waals surface area contributed by atoms with Crippen LogP contribution in [0, 0.1) is 19.9 Å². The second-order valence-electron chi connectivity index (χ2n) is 8.58. The third-order valence-corrected chi connectivity index (χ3v) is 5.80. The minimum atomic E-state index is -0.125. The number of aliphatic imine (C=N–C) groups is 1. The number of hydrogen-bond acceptors (Lipinski definition) is 5. The monoisotopic (exact) mass is 653 g/mol. The van der Waals surface area contributed by atoms with Gasteiger partial charge < -0.3 is 14.9 Å². The van der Waals surface area contributed by atoms with E-state index in [0.717, 1.165) is 22.8 Å². The van der Waals surface area contributed by atoms with Crippen molar-refractivity contribution < 1.29 is 30.0 Å². The van der Waals surface area contributed by atoms with Gasteiger partial charge in [0.25, 0.3) is 6.85 Å². The molecule has 0 spiro atoms. The number of carbonyl (C=O) groups is 1. The van der Waals surface area contributed by atoms with Crippen LogP contribution in [0.3, 0.4) is 0 Å². The number of hydrogen-bond donors (Lipinski definition) is 1. The number of aromatic nitrogens is 1. The Morgan fingerprint density at radius 1 is 1.08 bits per heavy atom. The molecule has 0 saturated heterocycles. The normalized spacial score (nSPS) is 13.6. The van der Waals surface area contributed by atoms with E-state index < -0.39 is 0 Å². The summed E-state index contributed by atoms with van der Waals surface area (Å²) in [7, 11) is 0. The van der Waals surface area contributed by atoms with Crippen LogP contribution >= 0.6 is 0 Å². The number of fused-ring (bicyclic) bond motifs is 2. The van der Waals surface area contributed by atoms with E-state index in [1.54, 1.807) is 0 Å². The molecule has 1 N–H and O–H groups in total. The van der Waals surface area contributed by atoms with Crippen molar-refractivity contribution in [2.75, 3.05) is 0 Å². The fourth-order valence-electron chi connectivity index (χ4n) is 4.36. The summed E-state index contributed by atoms with van der Waals surface area (Å²) in [5.74, 6) is 0.897. The average Bonchev–Trinajstić information content (AvgIpc) is 2.83. The molecule has 2 aliphatic rings. The van der Waals surface area contributed by atoms with Gasteiger partial charge in [0.2, 0.25) is 0 Å². The summed E-state index contributed by atoms with van der Waals surface area (Å²) in [5, 5.41) is 8.36. The molecule has 0 fully saturated rings. The van der Waals surface area contributed by atoms with Gasteiger partial charge in [0.15, 0.2) is 5.78 Å². The number of carbonyl (C=O) groups excluding carboxylic acids is 1. The van der Waals surface area contributed by atoms with Crippen LogP contribution in [0.15, 0.2) is 96.0 Å². The Kier molecular flexibility index (Phi) is 8.97. The van der Waals surface area contributed by atoms with Gasteiger partial charge in [0, 0.05) is 32.4 Å². The number of pyridine rings is 1. The van der Waals surface area contributed by atoms with E-state index in [0.29, 0.717) is 0 Å². The molecule has 3 heterocycles. The van der Waals surface area contributed by atoms with Crippen molar-refractivity contribution in [3.8, 4) is 11.3 Å². The fourth-order valence-corrected chi connectivity index (χ4v) is 4.36. The van der Waals surface area contributed by atoms with Crippen molar-refractivity contribution in [1.29, 1.82) is 0 Å². The zero-order chi connectivity index (χ0) is 24.9. The quantitative estimate of drug-likeness (QED) is 0.192. The van der Waals surface area contributed by atoms with Crippen molar-refractivity contribution in [3.05, 3.63) is 108 Å². The van der Waals surface area contributed by atoms with Gasteiger partial charge in [-0.25, -0.2) is 0 Å². The maximum absolute atomic E-state index is 10.0. The van der Waals surface area contributed by atoms with Gasteiger partial charge in [-0.3, -0.25) is 9.79 Å². The molecule has 7 heteroatoms. The molecule has 0 bridgehead atoms. The van der Waals surface area contributed by atoms with Crippen molar-refractivity contribution in [3.63, 3.8) is 0 Å². The van der Waals surface area contributed by atoms with Crippen LogP contribution in [-0.4, -0.2) is 33.4 Å². The summed E-state index contributed by atoms with van der Waals surface area (Å²) in [6.07, 6.45) is 11.3. The largest absolute Gasteiger partial charge is 0.512 e. The first-order chi connectivity index (χ1) is 16.8. The maximum atomic E-state index is 10.0. The molecule has 3 aromatic rings. The number of aliphatic hydroxyl groups is 1. The Labute approximate surface area is 226 Å². The molecule has 0 unspecified atom stereocenters. The molecule has 2 aliphatic heterocycles. The van der Waals surface area contributed by atoms with E-state index in [2.05, 4.69) is 78.4 Å². The smallest absolute Gasteiger partial charge is 0.276 e. The number of rotatable bonds is 3. The summed E-state index contributed by atoms with van der Waals surface area (Å²) in [6.45, 7) is 7.30. The molecule has 1 aromatic heterocycles. The standard InChI is InChI=1S/C24H19BN3.C5H8O2.Ir/c1-17-8-7-9-18(2)24(17)25-20-13-12-19(21-10-3-5-14-26-21)16-22(20)27-23-11-4-6-15-28(23)25;1-4(6)3-5(2)7;/h3-11,13-16H,1-2H3;3,6H,1-2H3;/q-1;;/b;4-3-;. The van der Waals surface area contributed by atoms with Gasteiger partial charge in [0.05, 0.1) is 5.76 Å². The molecule has 5 rings (SSSR count). The molecular formula is C29H27BIrN3O2-. The summed E-state index contributed by atoms with van der Waals surface area (Å²) < 4.78 is 0. The zero-order valence-electron chi connectivity index (χ0n) is 20.7. The number of aryl methyl sites for hydroxylation is 2. The van der Waals surface area contributed by atoms with Crippen molar-refractivity contribution in [1.82, 2.24) is 9.79 Å². The van der Waals surface area contributed by atoms with Crippen LogP contribution in [0.4, 0.5) is 5.69 Å². The first kappa shape index (κ1) is 27.1. The molecule has 1 radical (unpaired) electrons. The second-order valence-corrected chi connectivity index (χ2v) is 8.58. The van der Waals surface area contributed by atoms with Crippen LogP contribution in [0.2, 0.25) is 0 Å². The van der Waals surface area contributed by atoms with Gasteiger partial charge >= 0.3 is 0 Å². The summed E-state index contributed by atoms with van der Waals surface area (Å²) >= 11 is 0. The van der Waals surface area contributed by atoms with E-state index in [9.17, 15) is 4.79 Å². The molecule has 0 amide bonds. The predicted octanol–water partition coefficient (Wildman–Crippen LogP) is 4.74. The van der Waals surface area contributed by atoms with Crippen molar-refractivity contribution in [2.24, 2.45) is 4.99 Å². The third-order valence-electron chi connectivity index (χ3n) is 5.80.